The number of hydrogen-bond acceptors (Lipinski definition) is 3. The summed E-state index contributed by atoms with van der Waals surface area (Å²) in [5.41, 5.74) is 2.04. The standard InChI is InChI=1S/C11H14N4O/c1-15(14-16)8-4-7-11-12-9-5-2-3-6-10(9)13-11/h2-3,5-6H,4,7-8H2,1H3,(H,12,13). The number of fused-ring (bicyclic) bond motifs is 1. The van der Waals surface area contributed by atoms with E-state index >= 15 is 0 Å². The third kappa shape index (κ3) is 2.36. The first-order valence-corrected chi connectivity index (χ1v) is 5.27. The Morgan fingerprint density at radius 2 is 2.25 bits per heavy atom. The van der Waals surface area contributed by atoms with Crippen LogP contribution in [0.3, 0.4) is 0 Å². The van der Waals surface area contributed by atoms with E-state index in [2.05, 4.69) is 15.3 Å². The van der Waals surface area contributed by atoms with Gasteiger partial charge in [-0.15, -0.1) is 4.91 Å². The first kappa shape index (κ1) is 10.6. The lowest BCUT2D eigenvalue weighted by Crippen LogP contribution is -2.12. The Bertz CT molecular complexity index is 447. The summed E-state index contributed by atoms with van der Waals surface area (Å²) < 4.78 is 0. The second kappa shape index (κ2) is 4.74. The molecule has 84 valence electrons. The topological polar surface area (TPSA) is 61.4 Å². The Morgan fingerprint density at radius 3 is 3.00 bits per heavy atom. The maximum atomic E-state index is 10.1. The summed E-state index contributed by atoms with van der Waals surface area (Å²) in [6.45, 7) is 0.653. The molecule has 0 unspecified atom stereocenters. The van der Waals surface area contributed by atoms with Gasteiger partial charge in [0.25, 0.3) is 0 Å². The van der Waals surface area contributed by atoms with E-state index in [-0.39, 0.29) is 0 Å². The van der Waals surface area contributed by atoms with E-state index in [1.807, 2.05) is 24.3 Å². The summed E-state index contributed by atoms with van der Waals surface area (Å²) in [6, 6.07) is 7.94. The van der Waals surface area contributed by atoms with Crippen molar-refractivity contribution in [2.75, 3.05) is 13.6 Å². The molecule has 0 saturated heterocycles. The number of nitrogens with zero attached hydrogens (tertiary/aromatic N) is 3. The number of nitrogens with one attached hydrogen (secondary N) is 1. The van der Waals surface area contributed by atoms with Crippen LogP contribution in [0.2, 0.25) is 0 Å². The first-order valence-electron chi connectivity index (χ1n) is 5.27. The van der Waals surface area contributed by atoms with Gasteiger partial charge in [0.15, 0.2) is 0 Å². The lowest BCUT2D eigenvalue weighted by molar-refractivity contribution is 0.343. The molecule has 1 aromatic carbocycles. The smallest absolute Gasteiger partial charge is 0.107 e. The van der Waals surface area contributed by atoms with Crippen molar-refractivity contribution in [3.8, 4) is 0 Å². The van der Waals surface area contributed by atoms with E-state index in [0.29, 0.717) is 6.54 Å². The molecule has 1 heterocycles. The maximum absolute atomic E-state index is 10.1. The summed E-state index contributed by atoms with van der Waals surface area (Å²) in [7, 11) is 1.67. The second-order valence-corrected chi connectivity index (χ2v) is 3.77. The lowest BCUT2D eigenvalue weighted by Gasteiger charge is -2.06. The van der Waals surface area contributed by atoms with Gasteiger partial charge in [0.05, 0.1) is 16.3 Å². The van der Waals surface area contributed by atoms with Gasteiger partial charge in [-0.25, -0.2) is 4.98 Å². The number of nitroso groups, excluding NO2 is 1. The van der Waals surface area contributed by atoms with Crippen molar-refractivity contribution < 1.29 is 0 Å². The largest absolute Gasteiger partial charge is 0.342 e. The molecule has 0 bridgehead atoms. The minimum atomic E-state index is 0.653. The average molecular weight is 218 g/mol. The molecule has 0 aliphatic rings. The van der Waals surface area contributed by atoms with Gasteiger partial charge < -0.3 is 4.98 Å². The molecule has 2 aromatic rings. The number of benzene rings is 1. The Kier molecular flexibility index (Phi) is 3.14. The highest BCUT2D eigenvalue weighted by Gasteiger charge is 2.02. The summed E-state index contributed by atoms with van der Waals surface area (Å²) in [6.07, 6.45) is 1.69. The van der Waals surface area contributed by atoms with Gasteiger partial charge in [-0.1, -0.05) is 12.1 Å². The van der Waals surface area contributed by atoms with Crippen LogP contribution in [0.5, 0.6) is 0 Å². The quantitative estimate of drug-likeness (QED) is 0.617. The van der Waals surface area contributed by atoms with Crippen LogP contribution in [-0.2, 0) is 6.42 Å². The molecule has 0 atom stereocenters. The Hall–Kier alpha value is -1.91. The van der Waals surface area contributed by atoms with Gasteiger partial charge in [0.2, 0.25) is 0 Å². The lowest BCUT2D eigenvalue weighted by atomic mass is 10.3. The van der Waals surface area contributed by atoms with Gasteiger partial charge in [0, 0.05) is 20.0 Å². The van der Waals surface area contributed by atoms with Gasteiger partial charge in [-0.2, -0.15) is 0 Å². The number of para-hydroxylation sites is 2. The van der Waals surface area contributed by atoms with Gasteiger partial charge in [0.1, 0.15) is 5.82 Å². The SMILES string of the molecule is CN(CCCc1nc2ccccc2[nH]1)N=O. The number of rotatable bonds is 5. The van der Waals surface area contributed by atoms with Crippen LogP contribution in [0.4, 0.5) is 0 Å². The van der Waals surface area contributed by atoms with E-state index in [0.717, 1.165) is 29.7 Å². The molecule has 0 saturated carbocycles. The van der Waals surface area contributed by atoms with Crippen molar-refractivity contribution in [2.45, 2.75) is 12.8 Å². The monoisotopic (exact) mass is 218 g/mol. The van der Waals surface area contributed by atoms with Gasteiger partial charge >= 0.3 is 0 Å². The molecule has 1 aromatic heterocycles. The molecular formula is C11H14N4O. The maximum Gasteiger partial charge on any atom is 0.107 e. The summed E-state index contributed by atoms with van der Waals surface area (Å²) in [5, 5.41) is 4.21. The summed E-state index contributed by atoms with van der Waals surface area (Å²) in [4.78, 5) is 17.8. The van der Waals surface area contributed by atoms with Crippen molar-refractivity contribution in [3.05, 3.63) is 35.0 Å². The third-order valence-corrected chi connectivity index (χ3v) is 2.47. The van der Waals surface area contributed by atoms with Crippen LogP contribution in [0.15, 0.2) is 29.6 Å². The predicted octanol–water partition coefficient (Wildman–Crippen LogP) is 2.11. The Morgan fingerprint density at radius 1 is 1.44 bits per heavy atom. The Labute approximate surface area is 93.4 Å². The minimum Gasteiger partial charge on any atom is -0.342 e. The van der Waals surface area contributed by atoms with Crippen LogP contribution < -0.4 is 0 Å². The van der Waals surface area contributed by atoms with Crippen LogP contribution >= 0.6 is 0 Å². The van der Waals surface area contributed by atoms with Crippen LogP contribution in [0.1, 0.15) is 12.2 Å². The van der Waals surface area contributed by atoms with E-state index in [1.54, 1.807) is 7.05 Å². The van der Waals surface area contributed by atoms with E-state index in [9.17, 15) is 4.91 Å². The molecule has 0 amide bonds. The van der Waals surface area contributed by atoms with E-state index < -0.39 is 0 Å². The molecule has 16 heavy (non-hydrogen) atoms. The van der Waals surface area contributed by atoms with Crippen molar-refractivity contribution in [1.29, 1.82) is 0 Å². The Balaban J connectivity index is 1.97. The van der Waals surface area contributed by atoms with Crippen molar-refractivity contribution in [1.82, 2.24) is 15.0 Å². The molecule has 0 fully saturated rings. The van der Waals surface area contributed by atoms with Gasteiger partial charge in [-0.3, -0.25) is 5.01 Å². The fourth-order valence-corrected chi connectivity index (χ4v) is 1.64. The van der Waals surface area contributed by atoms with Crippen molar-refractivity contribution in [3.63, 3.8) is 0 Å². The average Bonchev–Trinajstić information content (AvgIpc) is 2.71. The summed E-state index contributed by atoms with van der Waals surface area (Å²) in [5.74, 6) is 0.959. The molecular weight excluding hydrogens is 204 g/mol. The fraction of sp³-hybridized carbons (Fsp3) is 0.364. The fourth-order valence-electron chi connectivity index (χ4n) is 1.64. The number of aromatic nitrogens is 2. The molecule has 0 radical (unpaired) electrons. The second-order valence-electron chi connectivity index (χ2n) is 3.77. The van der Waals surface area contributed by atoms with Crippen LogP contribution in [0, 0.1) is 4.91 Å². The molecule has 0 spiro atoms. The number of imidazole rings is 1. The third-order valence-electron chi connectivity index (χ3n) is 2.47. The molecule has 5 heteroatoms. The molecule has 0 aliphatic carbocycles. The highest BCUT2D eigenvalue weighted by Crippen LogP contribution is 2.11. The zero-order chi connectivity index (χ0) is 11.4. The zero-order valence-corrected chi connectivity index (χ0v) is 9.18. The van der Waals surface area contributed by atoms with Crippen LogP contribution in [-0.4, -0.2) is 28.6 Å². The summed E-state index contributed by atoms with van der Waals surface area (Å²) >= 11 is 0. The highest BCUT2D eigenvalue weighted by atomic mass is 16.3. The zero-order valence-electron chi connectivity index (χ0n) is 9.18. The van der Waals surface area contributed by atoms with Crippen molar-refractivity contribution >= 4 is 11.0 Å². The molecule has 1 N–H and O–H groups in total. The predicted molar refractivity (Wildman–Crippen MR) is 62.8 cm³/mol. The molecule has 2 rings (SSSR count). The highest BCUT2D eigenvalue weighted by molar-refractivity contribution is 5.74. The first-order chi connectivity index (χ1) is 7.79. The molecule has 5 nitrogen and oxygen atoms in total. The molecule has 0 aliphatic heterocycles. The minimum absolute atomic E-state index is 0.653. The number of aryl methyl sites for hydroxylation is 1. The van der Waals surface area contributed by atoms with Crippen LogP contribution in [0.25, 0.3) is 11.0 Å². The van der Waals surface area contributed by atoms with E-state index in [4.69, 9.17) is 0 Å². The van der Waals surface area contributed by atoms with Gasteiger partial charge in [-0.05, 0) is 18.6 Å². The number of aromatic amines is 1. The van der Waals surface area contributed by atoms with Crippen molar-refractivity contribution in [2.24, 2.45) is 5.29 Å². The van der Waals surface area contributed by atoms with E-state index in [1.165, 1.54) is 5.01 Å². The number of hydrogen-bond donors (Lipinski definition) is 1. The normalized spacial score (nSPS) is 10.6. The number of H-pyrrole nitrogens is 1.